The summed E-state index contributed by atoms with van der Waals surface area (Å²) in [6.07, 6.45) is 0.0337. The lowest BCUT2D eigenvalue weighted by molar-refractivity contribution is -0.0388. The van der Waals surface area contributed by atoms with Gasteiger partial charge in [0.1, 0.15) is 11.5 Å². The molecule has 2 unspecified atom stereocenters. The average molecular weight is 284 g/mol. The Morgan fingerprint density at radius 1 is 1.53 bits per heavy atom. The number of hydrogen-bond acceptors (Lipinski definition) is 4. The second kappa shape index (κ2) is 5.75. The highest BCUT2D eigenvalue weighted by atomic mass is 35.5. The van der Waals surface area contributed by atoms with Gasteiger partial charge in [-0.15, -0.1) is 0 Å². The number of anilines is 1. The van der Waals surface area contributed by atoms with Crippen LogP contribution in [-0.2, 0) is 4.74 Å². The molecule has 19 heavy (non-hydrogen) atoms. The van der Waals surface area contributed by atoms with E-state index in [2.05, 4.69) is 10.3 Å². The van der Waals surface area contributed by atoms with E-state index in [1.54, 1.807) is 24.1 Å². The van der Waals surface area contributed by atoms with Crippen molar-refractivity contribution in [2.75, 3.05) is 25.5 Å². The normalized spacial score (nSPS) is 23.3. The Balaban J connectivity index is 2.27. The largest absolute Gasteiger partial charge is 0.375 e. The number of morpholine rings is 1. The number of nitrogens with one attached hydrogen (secondary N) is 1. The molecule has 2 rings (SSSR count). The van der Waals surface area contributed by atoms with Crippen LogP contribution in [0, 0.1) is 0 Å². The summed E-state index contributed by atoms with van der Waals surface area (Å²) >= 11 is 6.08. The van der Waals surface area contributed by atoms with Crippen LogP contribution in [0.25, 0.3) is 0 Å². The van der Waals surface area contributed by atoms with Crippen molar-refractivity contribution in [2.45, 2.75) is 26.0 Å². The van der Waals surface area contributed by atoms with Gasteiger partial charge in [0.15, 0.2) is 0 Å². The summed E-state index contributed by atoms with van der Waals surface area (Å²) in [4.78, 5) is 18.6. The highest BCUT2D eigenvalue weighted by Gasteiger charge is 2.30. The number of pyridine rings is 1. The first-order chi connectivity index (χ1) is 9.02. The van der Waals surface area contributed by atoms with Gasteiger partial charge in [0.05, 0.1) is 23.8 Å². The lowest BCUT2D eigenvalue weighted by Gasteiger charge is -2.36. The van der Waals surface area contributed by atoms with Crippen LogP contribution in [0.2, 0.25) is 5.02 Å². The van der Waals surface area contributed by atoms with Crippen molar-refractivity contribution in [3.63, 3.8) is 0 Å². The summed E-state index contributed by atoms with van der Waals surface area (Å²) in [5, 5.41) is 3.28. The first kappa shape index (κ1) is 14.1. The van der Waals surface area contributed by atoms with Crippen LogP contribution >= 0.6 is 11.6 Å². The van der Waals surface area contributed by atoms with Gasteiger partial charge >= 0.3 is 0 Å². The van der Waals surface area contributed by atoms with E-state index in [0.717, 1.165) is 0 Å². The van der Waals surface area contributed by atoms with Crippen molar-refractivity contribution >= 4 is 23.3 Å². The molecule has 2 atom stereocenters. The molecule has 1 aromatic rings. The van der Waals surface area contributed by atoms with Crippen LogP contribution in [0.4, 0.5) is 5.82 Å². The van der Waals surface area contributed by atoms with Gasteiger partial charge in [-0.05, 0) is 26.0 Å². The van der Waals surface area contributed by atoms with Gasteiger partial charge in [-0.2, -0.15) is 0 Å². The van der Waals surface area contributed by atoms with Crippen molar-refractivity contribution in [3.05, 3.63) is 22.8 Å². The third kappa shape index (κ3) is 2.98. The summed E-state index contributed by atoms with van der Waals surface area (Å²) in [5.41, 5.74) is 0.287. The van der Waals surface area contributed by atoms with E-state index in [4.69, 9.17) is 16.3 Å². The van der Waals surface area contributed by atoms with Crippen LogP contribution in [0.1, 0.15) is 24.3 Å². The van der Waals surface area contributed by atoms with E-state index in [0.29, 0.717) is 24.0 Å². The van der Waals surface area contributed by atoms with E-state index in [-0.39, 0.29) is 23.7 Å². The van der Waals surface area contributed by atoms with E-state index >= 15 is 0 Å². The molecule has 1 saturated heterocycles. The molecule has 0 aromatic carbocycles. The molecule has 5 nitrogen and oxygen atoms in total. The number of carbonyl (C=O) groups excluding carboxylic acids is 1. The smallest absolute Gasteiger partial charge is 0.274 e. The van der Waals surface area contributed by atoms with Crippen molar-refractivity contribution < 1.29 is 9.53 Å². The second-order valence-electron chi connectivity index (χ2n) is 4.73. The zero-order chi connectivity index (χ0) is 14.0. The van der Waals surface area contributed by atoms with Crippen LogP contribution < -0.4 is 5.32 Å². The zero-order valence-corrected chi connectivity index (χ0v) is 12.1. The molecule has 1 fully saturated rings. The number of aromatic nitrogens is 1. The molecular formula is C13H18ClN3O2. The lowest BCUT2D eigenvalue weighted by Crippen LogP contribution is -2.50. The first-order valence-corrected chi connectivity index (χ1v) is 6.67. The molecule has 0 bridgehead atoms. The molecule has 0 aliphatic carbocycles. The predicted molar refractivity (Wildman–Crippen MR) is 74.7 cm³/mol. The summed E-state index contributed by atoms with van der Waals surface area (Å²) in [7, 11) is 1.75. The number of carbonyl (C=O) groups is 1. The molecule has 1 aromatic heterocycles. The Labute approximate surface area is 117 Å². The van der Waals surface area contributed by atoms with Gasteiger partial charge in [0.2, 0.25) is 0 Å². The van der Waals surface area contributed by atoms with E-state index in [1.165, 1.54) is 0 Å². The van der Waals surface area contributed by atoms with Crippen molar-refractivity contribution in [1.29, 1.82) is 0 Å². The van der Waals surface area contributed by atoms with Gasteiger partial charge in [-0.3, -0.25) is 4.79 Å². The molecule has 104 valence electrons. The quantitative estimate of drug-likeness (QED) is 0.902. The minimum absolute atomic E-state index is 0.0276. The fraction of sp³-hybridized carbons (Fsp3) is 0.538. The molecule has 6 heteroatoms. The molecule has 0 radical (unpaired) electrons. The molecule has 1 aliphatic rings. The van der Waals surface area contributed by atoms with E-state index in [9.17, 15) is 4.79 Å². The number of nitrogens with zero attached hydrogens (tertiary/aromatic N) is 2. The minimum atomic E-state index is -0.148. The summed E-state index contributed by atoms with van der Waals surface area (Å²) < 4.78 is 5.52. The second-order valence-corrected chi connectivity index (χ2v) is 5.13. The maximum absolute atomic E-state index is 12.5. The van der Waals surface area contributed by atoms with Gasteiger partial charge in [0.25, 0.3) is 5.91 Å². The molecule has 1 N–H and O–H groups in total. The molecule has 1 amide bonds. The van der Waals surface area contributed by atoms with Gasteiger partial charge < -0.3 is 15.0 Å². The van der Waals surface area contributed by atoms with Crippen molar-refractivity contribution in [1.82, 2.24) is 9.88 Å². The molecule has 0 saturated carbocycles. The summed E-state index contributed by atoms with van der Waals surface area (Å²) in [6.45, 7) is 5.00. The fourth-order valence-electron chi connectivity index (χ4n) is 2.05. The number of hydrogen-bond donors (Lipinski definition) is 1. The number of rotatable bonds is 2. The summed E-state index contributed by atoms with van der Waals surface area (Å²) in [5.74, 6) is 0.478. The minimum Gasteiger partial charge on any atom is -0.375 e. The lowest BCUT2D eigenvalue weighted by atomic mass is 10.2. The molecule has 0 spiro atoms. The molecular weight excluding hydrogens is 266 g/mol. The number of ether oxygens (including phenoxy) is 1. The Bertz CT molecular complexity index is 481. The topological polar surface area (TPSA) is 54.5 Å². The van der Waals surface area contributed by atoms with Crippen LogP contribution in [0.15, 0.2) is 12.1 Å². The standard InChI is InChI=1S/C13H18ClN3O2/c1-8-7-19-9(2)6-17(8)13(18)12-10(14)4-5-11(15-3)16-12/h4-5,8-9H,6-7H2,1-3H3,(H,15,16). The number of amides is 1. The van der Waals surface area contributed by atoms with Crippen LogP contribution in [0.3, 0.4) is 0 Å². The predicted octanol–water partition coefficient (Wildman–Crippen LogP) is 2.03. The molecule has 2 heterocycles. The third-order valence-electron chi connectivity index (χ3n) is 3.17. The SMILES string of the molecule is CNc1ccc(Cl)c(C(=O)N2CC(C)OCC2C)n1. The van der Waals surface area contributed by atoms with Gasteiger partial charge in [-0.1, -0.05) is 11.6 Å². The Kier molecular flexibility index (Phi) is 4.27. The number of halogens is 1. The van der Waals surface area contributed by atoms with Crippen LogP contribution in [0.5, 0.6) is 0 Å². The van der Waals surface area contributed by atoms with E-state index in [1.807, 2.05) is 13.8 Å². The molecule has 1 aliphatic heterocycles. The van der Waals surface area contributed by atoms with Gasteiger partial charge in [-0.25, -0.2) is 4.98 Å². The third-order valence-corrected chi connectivity index (χ3v) is 3.48. The Morgan fingerprint density at radius 3 is 2.95 bits per heavy atom. The average Bonchev–Trinajstić information content (AvgIpc) is 2.41. The highest BCUT2D eigenvalue weighted by Crippen LogP contribution is 2.21. The monoisotopic (exact) mass is 283 g/mol. The van der Waals surface area contributed by atoms with Gasteiger partial charge in [0, 0.05) is 13.6 Å². The first-order valence-electron chi connectivity index (χ1n) is 6.29. The summed E-state index contributed by atoms with van der Waals surface area (Å²) in [6, 6.07) is 3.45. The Morgan fingerprint density at radius 2 is 2.26 bits per heavy atom. The zero-order valence-electron chi connectivity index (χ0n) is 11.3. The maximum atomic E-state index is 12.5. The van der Waals surface area contributed by atoms with Crippen molar-refractivity contribution in [2.24, 2.45) is 0 Å². The van der Waals surface area contributed by atoms with E-state index < -0.39 is 0 Å². The highest BCUT2D eigenvalue weighted by molar-refractivity contribution is 6.33. The van der Waals surface area contributed by atoms with Crippen LogP contribution in [-0.4, -0.2) is 48.1 Å². The fourth-order valence-corrected chi connectivity index (χ4v) is 2.24. The van der Waals surface area contributed by atoms with Crippen molar-refractivity contribution in [3.8, 4) is 0 Å². The maximum Gasteiger partial charge on any atom is 0.274 e. The Hall–Kier alpha value is -1.33.